The van der Waals surface area contributed by atoms with Gasteiger partial charge in [0.15, 0.2) is 11.5 Å². The van der Waals surface area contributed by atoms with Gasteiger partial charge in [-0.15, -0.1) is 11.3 Å². The Morgan fingerprint density at radius 3 is 2.48 bits per heavy atom. The minimum Gasteiger partial charge on any atom is -0.493 e. The molecule has 8 heteroatoms. The smallest absolute Gasteiger partial charge is 0.203 e. The Labute approximate surface area is 184 Å². The Balaban J connectivity index is 1.65. The van der Waals surface area contributed by atoms with Crippen LogP contribution in [0.15, 0.2) is 36.5 Å². The molecule has 0 fully saturated rings. The molecule has 0 radical (unpaired) electrons. The highest BCUT2D eigenvalue weighted by molar-refractivity contribution is 7.15. The Hall–Kier alpha value is -1.99. The lowest BCUT2D eigenvalue weighted by molar-refractivity contribution is 0.325. The summed E-state index contributed by atoms with van der Waals surface area (Å²) in [7, 11) is 4.82. The molecule has 1 N–H and O–H groups in total. The number of ether oxygens (including phenoxy) is 3. The van der Waals surface area contributed by atoms with Gasteiger partial charge in [0.1, 0.15) is 5.01 Å². The average Bonchev–Trinajstić information content (AvgIpc) is 3.19. The molecule has 0 aliphatic carbocycles. The Morgan fingerprint density at radius 1 is 1.00 bits per heavy atom. The molecule has 0 bridgehead atoms. The maximum Gasteiger partial charge on any atom is 0.203 e. The fraction of sp³-hybridized carbons (Fsp3) is 0.286. The highest BCUT2D eigenvalue weighted by Gasteiger charge is 2.18. The van der Waals surface area contributed by atoms with Crippen LogP contribution < -0.4 is 19.5 Å². The van der Waals surface area contributed by atoms with Crippen LogP contribution in [-0.4, -0.2) is 32.9 Å². The Morgan fingerprint density at radius 2 is 1.79 bits per heavy atom. The first-order chi connectivity index (χ1) is 14.1. The molecular formula is C21H22Cl2N2O3S. The minimum atomic E-state index is 0.570. The Bertz CT molecular complexity index is 979. The highest BCUT2D eigenvalue weighted by Crippen LogP contribution is 2.45. The van der Waals surface area contributed by atoms with Gasteiger partial charge < -0.3 is 19.5 Å². The van der Waals surface area contributed by atoms with E-state index in [1.807, 2.05) is 30.5 Å². The van der Waals surface area contributed by atoms with Gasteiger partial charge in [-0.3, -0.25) is 0 Å². The molecule has 5 nitrogen and oxygen atoms in total. The van der Waals surface area contributed by atoms with Gasteiger partial charge in [0.25, 0.3) is 0 Å². The third-order valence-corrected chi connectivity index (χ3v) is 6.00. The van der Waals surface area contributed by atoms with E-state index in [4.69, 9.17) is 37.4 Å². The topological polar surface area (TPSA) is 52.6 Å². The Kier molecular flexibility index (Phi) is 7.61. The molecule has 3 rings (SSSR count). The number of thiazole rings is 1. The summed E-state index contributed by atoms with van der Waals surface area (Å²) in [5.41, 5.74) is 1.99. The van der Waals surface area contributed by atoms with E-state index in [2.05, 4.69) is 10.3 Å². The number of rotatable bonds is 9. The molecule has 0 saturated carbocycles. The van der Waals surface area contributed by atoms with Crippen LogP contribution in [0.1, 0.15) is 10.6 Å². The number of halogens is 2. The molecule has 0 amide bonds. The van der Waals surface area contributed by atoms with Crippen molar-refractivity contribution in [1.29, 1.82) is 0 Å². The zero-order valence-corrected chi connectivity index (χ0v) is 18.7. The van der Waals surface area contributed by atoms with E-state index in [0.717, 1.165) is 34.0 Å². The second kappa shape index (κ2) is 10.2. The van der Waals surface area contributed by atoms with Crippen molar-refractivity contribution in [1.82, 2.24) is 10.3 Å². The van der Waals surface area contributed by atoms with Crippen LogP contribution in [0.5, 0.6) is 17.2 Å². The molecule has 29 heavy (non-hydrogen) atoms. The van der Waals surface area contributed by atoms with Gasteiger partial charge in [0.05, 0.1) is 26.2 Å². The third-order valence-electron chi connectivity index (χ3n) is 4.39. The maximum atomic E-state index is 6.22. The summed E-state index contributed by atoms with van der Waals surface area (Å²) in [6, 6.07) is 9.39. The van der Waals surface area contributed by atoms with Crippen LogP contribution in [0.4, 0.5) is 0 Å². The van der Waals surface area contributed by atoms with Crippen molar-refractivity contribution in [3.8, 4) is 27.7 Å². The lowest BCUT2D eigenvalue weighted by Gasteiger charge is -2.14. The summed E-state index contributed by atoms with van der Waals surface area (Å²) < 4.78 is 16.4. The van der Waals surface area contributed by atoms with E-state index in [9.17, 15) is 0 Å². The van der Waals surface area contributed by atoms with Crippen molar-refractivity contribution < 1.29 is 14.2 Å². The van der Waals surface area contributed by atoms with Crippen molar-refractivity contribution in [3.05, 3.63) is 57.1 Å². The van der Waals surface area contributed by atoms with Crippen molar-refractivity contribution in [3.63, 3.8) is 0 Å². The van der Waals surface area contributed by atoms with Gasteiger partial charge in [-0.05, 0) is 42.8 Å². The van der Waals surface area contributed by atoms with Crippen LogP contribution in [-0.2, 0) is 13.0 Å². The average molecular weight is 453 g/mol. The molecule has 154 valence electrons. The van der Waals surface area contributed by atoms with E-state index in [1.54, 1.807) is 38.7 Å². The van der Waals surface area contributed by atoms with Gasteiger partial charge >= 0.3 is 0 Å². The van der Waals surface area contributed by atoms with Crippen molar-refractivity contribution in [2.45, 2.75) is 13.0 Å². The second-order valence-corrected chi connectivity index (χ2v) is 8.12. The fourth-order valence-electron chi connectivity index (χ4n) is 2.95. The molecule has 0 saturated heterocycles. The molecule has 1 aromatic heterocycles. The molecule has 2 aromatic carbocycles. The first-order valence-electron chi connectivity index (χ1n) is 8.96. The molecular weight excluding hydrogens is 431 g/mol. The van der Waals surface area contributed by atoms with E-state index >= 15 is 0 Å². The van der Waals surface area contributed by atoms with Crippen LogP contribution in [0.2, 0.25) is 10.0 Å². The normalized spacial score (nSPS) is 10.8. The number of hydrogen-bond acceptors (Lipinski definition) is 6. The van der Waals surface area contributed by atoms with Gasteiger partial charge in [0, 0.05) is 28.4 Å². The zero-order chi connectivity index (χ0) is 20.8. The summed E-state index contributed by atoms with van der Waals surface area (Å²) in [5, 5.41) is 5.73. The largest absolute Gasteiger partial charge is 0.493 e. The zero-order valence-electron chi connectivity index (χ0n) is 16.4. The van der Waals surface area contributed by atoms with Crippen molar-refractivity contribution in [2.75, 3.05) is 27.9 Å². The molecule has 1 heterocycles. The first-order valence-corrected chi connectivity index (χ1v) is 10.5. The third kappa shape index (κ3) is 5.14. The molecule has 0 atom stereocenters. The van der Waals surface area contributed by atoms with Crippen LogP contribution in [0, 0.1) is 0 Å². The van der Waals surface area contributed by atoms with Gasteiger partial charge in [-0.1, -0.05) is 29.3 Å². The second-order valence-electron chi connectivity index (χ2n) is 6.16. The fourth-order valence-corrected chi connectivity index (χ4v) is 4.37. The first kappa shape index (κ1) is 21.7. The lowest BCUT2D eigenvalue weighted by Crippen LogP contribution is -2.16. The number of benzene rings is 2. The number of nitrogens with zero attached hydrogens (tertiary/aromatic N) is 1. The number of methoxy groups -OCH3 is 3. The van der Waals surface area contributed by atoms with Crippen molar-refractivity contribution in [2.24, 2.45) is 0 Å². The van der Waals surface area contributed by atoms with E-state index in [0.29, 0.717) is 33.8 Å². The summed E-state index contributed by atoms with van der Waals surface area (Å²) in [5.74, 6) is 1.83. The molecule has 0 spiro atoms. The summed E-state index contributed by atoms with van der Waals surface area (Å²) in [6.07, 6.45) is 2.67. The molecule has 0 unspecified atom stereocenters. The standard InChI is InChI=1S/C21H22Cl2N2O3S/c1-26-17-7-6-15(20(27-2)21(17)28-3)18-11-25-19(29-18)12-24-9-8-13-4-5-14(22)10-16(13)23/h4-7,10-11,24H,8-9,12H2,1-3H3. The predicted molar refractivity (Wildman–Crippen MR) is 119 cm³/mol. The van der Waals surface area contributed by atoms with Gasteiger partial charge in [-0.25, -0.2) is 4.98 Å². The quantitative estimate of drug-likeness (QED) is 0.435. The van der Waals surface area contributed by atoms with E-state index in [1.165, 1.54) is 0 Å². The molecule has 3 aromatic rings. The van der Waals surface area contributed by atoms with E-state index in [-0.39, 0.29) is 0 Å². The van der Waals surface area contributed by atoms with Crippen LogP contribution in [0.3, 0.4) is 0 Å². The summed E-state index contributed by atoms with van der Waals surface area (Å²) in [4.78, 5) is 5.52. The molecule has 0 aliphatic heterocycles. The maximum absolute atomic E-state index is 6.22. The highest BCUT2D eigenvalue weighted by atomic mass is 35.5. The van der Waals surface area contributed by atoms with Crippen molar-refractivity contribution >= 4 is 34.5 Å². The summed E-state index contributed by atoms with van der Waals surface area (Å²) in [6.45, 7) is 1.46. The van der Waals surface area contributed by atoms with Gasteiger partial charge in [-0.2, -0.15) is 0 Å². The van der Waals surface area contributed by atoms with Crippen LogP contribution in [0.25, 0.3) is 10.4 Å². The molecule has 0 aliphatic rings. The SMILES string of the molecule is COc1ccc(-c2cnc(CNCCc3ccc(Cl)cc3Cl)s2)c(OC)c1OC. The van der Waals surface area contributed by atoms with Gasteiger partial charge in [0.2, 0.25) is 5.75 Å². The van der Waals surface area contributed by atoms with Crippen LogP contribution >= 0.6 is 34.5 Å². The van der Waals surface area contributed by atoms with E-state index < -0.39 is 0 Å². The monoisotopic (exact) mass is 452 g/mol. The number of aromatic nitrogens is 1. The minimum absolute atomic E-state index is 0.570. The summed E-state index contributed by atoms with van der Waals surface area (Å²) >= 11 is 13.8. The number of hydrogen-bond donors (Lipinski definition) is 1. The number of nitrogens with one attached hydrogen (secondary N) is 1. The predicted octanol–water partition coefficient (Wildman–Crippen LogP) is 5.48. The lowest BCUT2D eigenvalue weighted by atomic mass is 10.1.